The minimum absolute atomic E-state index is 0. The minimum atomic E-state index is -0.405. The summed E-state index contributed by atoms with van der Waals surface area (Å²) < 4.78 is 0. The van der Waals surface area contributed by atoms with Gasteiger partial charge in [0, 0.05) is 25.5 Å². The van der Waals surface area contributed by atoms with Crippen molar-refractivity contribution in [1.82, 2.24) is 10.3 Å². The maximum Gasteiger partial charge on any atom is 0.227 e. The molecule has 0 saturated carbocycles. The van der Waals surface area contributed by atoms with Crippen LogP contribution in [0.4, 0.5) is 0 Å². The molecule has 0 aliphatic heterocycles. The molecule has 0 atom stereocenters. The van der Waals surface area contributed by atoms with Crippen LogP contribution in [0.3, 0.4) is 0 Å². The molecule has 108 valence electrons. The van der Waals surface area contributed by atoms with Gasteiger partial charge in [-0.1, -0.05) is 13.8 Å². The number of pyridine rings is 1. The van der Waals surface area contributed by atoms with Crippen molar-refractivity contribution in [2.45, 2.75) is 33.1 Å². The summed E-state index contributed by atoms with van der Waals surface area (Å²) in [7, 11) is 0. The third-order valence-corrected chi connectivity index (χ3v) is 3.67. The van der Waals surface area contributed by atoms with Gasteiger partial charge in [0.1, 0.15) is 0 Å². The smallest absolute Gasteiger partial charge is 0.227 e. The van der Waals surface area contributed by atoms with Crippen LogP contribution in [0.5, 0.6) is 0 Å². The van der Waals surface area contributed by atoms with Crippen molar-refractivity contribution in [2.24, 2.45) is 11.1 Å². The van der Waals surface area contributed by atoms with Crippen LogP contribution in [0.2, 0.25) is 0 Å². The molecule has 0 fully saturated rings. The van der Waals surface area contributed by atoms with E-state index in [9.17, 15) is 4.79 Å². The number of halogens is 1. The topological polar surface area (TPSA) is 68.0 Å². The van der Waals surface area contributed by atoms with E-state index in [1.165, 1.54) is 5.56 Å². The summed E-state index contributed by atoms with van der Waals surface area (Å²) >= 11 is 0. The van der Waals surface area contributed by atoms with E-state index in [0.717, 1.165) is 19.3 Å². The van der Waals surface area contributed by atoms with Gasteiger partial charge in [0.2, 0.25) is 5.91 Å². The number of carbonyl (C=O) groups is 1. The maximum absolute atomic E-state index is 12.1. The average Bonchev–Trinajstić information content (AvgIpc) is 2.42. The summed E-state index contributed by atoms with van der Waals surface area (Å²) in [6, 6.07) is 3.92. The lowest BCUT2D eigenvalue weighted by Crippen LogP contribution is -2.45. The first-order valence-corrected chi connectivity index (χ1v) is 6.55. The number of carbonyl (C=O) groups excluding carboxylic acids is 1. The van der Waals surface area contributed by atoms with Gasteiger partial charge in [0.15, 0.2) is 0 Å². The van der Waals surface area contributed by atoms with Gasteiger partial charge in [-0.05, 0) is 37.0 Å². The second-order valence-corrected chi connectivity index (χ2v) is 4.55. The van der Waals surface area contributed by atoms with Crippen molar-refractivity contribution < 1.29 is 4.79 Å². The zero-order chi connectivity index (χ0) is 13.4. The normalized spacial score (nSPS) is 10.7. The molecule has 19 heavy (non-hydrogen) atoms. The Morgan fingerprint density at radius 3 is 2.37 bits per heavy atom. The van der Waals surface area contributed by atoms with Gasteiger partial charge in [-0.15, -0.1) is 12.4 Å². The van der Waals surface area contributed by atoms with E-state index in [0.29, 0.717) is 13.1 Å². The predicted octanol–water partition coefficient (Wildman–Crippen LogP) is 1.93. The zero-order valence-corrected chi connectivity index (χ0v) is 12.5. The van der Waals surface area contributed by atoms with Crippen LogP contribution < -0.4 is 11.1 Å². The number of amides is 1. The molecular weight excluding hydrogens is 262 g/mol. The molecule has 0 radical (unpaired) electrons. The lowest BCUT2D eigenvalue weighted by Gasteiger charge is -2.28. The summed E-state index contributed by atoms with van der Waals surface area (Å²) in [6.45, 7) is 5.07. The average molecular weight is 286 g/mol. The molecule has 0 saturated heterocycles. The number of hydrogen-bond donors (Lipinski definition) is 2. The number of hydrogen-bond acceptors (Lipinski definition) is 3. The van der Waals surface area contributed by atoms with Gasteiger partial charge in [-0.2, -0.15) is 0 Å². The first-order valence-electron chi connectivity index (χ1n) is 6.55. The van der Waals surface area contributed by atoms with E-state index in [1.807, 2.05) is 26.0 Å². The van der Waals surface area contributed by atoms with Crippen LogP contribution in [0, 0.1) is 5.41 Å². The van der Waals surface area contributed by atoms with Crippen LogP contribution in [-0.4, -0.2) is 24.0 Å². The lowest BCUT2D eigenvalue weighted by atomic mass is 9.81. The fourth-order valence-corrected chi connectivity index (χ4v) is 2.01. The Hall–Kier alpha value is -1.13. The quantitative estimate of drug-likeness (QED) is 0.804. The van der Waals surface area contributed by atoms with Gasteiger partial charge >= 0.3 is 0 Å². The van der Waals surface area contributed by atoms with Crippen molar-refractivity contribution in [3.8, 4) is 0 Å². The fraction of sp³-hybridized carbons (Fsp3) is 0.571. The molecule has 1 heterocycles. The summed E-state index contributed by atoms with van der Waals surface area (Å²) in [4.78, 5) is 16.1. The molecule has 4 nitrogen and oxygen atoms in total. The molecule has 0 spiro atoms. The molecule has 0 aliphatic rings. The standard InChI is InChI=1S/C14H23N3O.ClH/c1-3-14(4-2,11-15)13(18)17-10-7-12-5-8-16-9-6-12;/h5-6,8-9H,3-4,7,10-11,15H2,1-2H3,(H,17,18);1H. The monoisotopic (exact) mass is 285 g/mol. The highest BCUT2D eigenvalue weighted by Gasteiger charge is 2.32. The number of aromatic nitrogens is 1. The summed E-state index contributed by atoms with van der Waals surface area (Å²) in [5, 5.41) is 2.99. The van der Waals surface area contributed by atoms with Gasteiger partial charge in [0.05, 0.1) is 5.41 Å². The molecule has 5 heteroatoms. The van der Waals surface area contributed by atoms with Crippen LogP contribution in [0.15, 0.2) is 24.5 Å². The summed E-state index contributed by atoms with van der Waals surface area (Å²) in [6.07, 6.45) is 5.91. The highest BCUT2D eigenvalue weighted by atomic mass is 35.5. The molecular formula is C14H24ClN3O. The Balaban J connectivity index is 0.00000324. The number of nitrogens with two attached hydrogens (primary N) is 1. The largest absolute Gasteiger partial charge is 0.355 e. The number of nitrogens with one attached hydrogen (secondary N) is 1. The molecule has 0 aliphatic carbocycles. The molecule has 0 unspecified atom stereocenters. The molecule has 3 N–H and O–H groups in total. The van der Waals surface area contributed by atoms with E-state index in [4.69, 9.17) is 5.73 Å². The van der Waals surface area contributed by atoms with Crippen molar-refractivity contribution in [3.05, 3.63) is 30.1 Å². The SMILES string of the molecule is CCC(CC)(CN)C(=O)NCCc1ccncc1.Cl. The van der Waals surface area contributed by atoms with Crippen molar-refractivity contribution in [1.29, 1.82) is 0 Å². The van der Waals surface area contributed by atoms with Crippen molar-refractivity contribution >= 4 is 18.3 Å². The van der Waals surface area contributed by atoms with E-state index >= 15 is 0 Å². The second-order valence-electron chi connectivity index (χ2n) is 4.55. The molecule has 1 aromatic heterocycles. The van der Waals surface area contributed by atoms with Gasteiger partial charge in [0.25, 0.3) is 0 Å². The third kappa shape index (κ3) is 4.80. The number of rotatable bonds is 7. The zero-order valence-electron chi connectivity index (χ0n) is 11.7. The van der Waals surface area contributed by atoms with E-state index in [1.54, 1.807) is 12.4 Å². The minimum Gasteiger partial charge on any atom is -0.355 e. The molecule has 1 aromatic rings. The van der Waals surface area contributed by atoms with E-state index < -0.39 is 5.41 Å². The first kappa shape index (κ1) is 17.9. The lowest BCUT2D eigenvalue weighted by molar-refractivity contribution is -0.131. The molecule has 0 aromatic carbocycles. The van der Waals surface area contributed by atoms with E-state index in [2.05, 4.69) is 10.3 Å². The summed E-state index contributed by atoms with van der Waals surface area (Å²) in [5.74, 6) is 0.0732. The van der Waals surface area contributed by atoms with Gasteiger partial charge in [-0.25, -0.2) is 0 Å². The van der Waals surface area contributed by atoms with Gasteiger partial charge < -0.3 is 11.1 Å². The highest BCUT2D eigenvalue weighted by molar-refractivity contribution is 5.85. The van der Waals surface area contributed by atoms with Crippen LogP contribution in [-0.2, 0) is 11.2 Å². The Morgan fingerprint density at radius 1 is 1.32 bits per heavy atom. The molecule has 1 amide bonds. The summed E-state index contributed by atoms with van der Waals surface area (Å²) in [5.41, 5.74) is 6.52. The highest BCUT2D eigenvalue weighted by Crippen LogP contribution is 2.24. The maximum atomic E-state index is 12.1. The second kappa shape index (κ2) is 8.88. The Bertz CT molecular complexity index is 358. The third-order valence-electron chi connectivity index (χ3n) is 3.67. The first-order chi connectivity index (χ1) is 8.68. The van der Waals surface area contributed by atoms with Crippen LogP contribution >= 0.6 is 12.4 Å². The van der Waals surface area contributed by atoms with Crippen molar-refractivity contribution in [3.63, 3.8) is 0 Å². The van der Waals surface area contributed by atoms with E-state index in [-0.39, 0.29) is 18.3 Å². The predicted molar refractivity (Wildman–Crippen MR) is 80.3 cm³/mol. The van der Waals surface area contributed by atoms with Crippen molar-refractivity contribution in [2.75, 3.05) is 13.1 Å². The molecule has 1 rings (SSSR count). The Morgan fingerprint density at radius 2 is 1.89 bits per heavy atom. The number of nitrogens with zero attached hydrogens (tertiary/aromatic N) is 1. The fourth-order valence-electron chi connectivity index (χ4n) is 2.01. The molecule has 0 bridgehead atoms. The van der Waals surface area contributed by atoms with Crippen LogP contribution in [0.1, 0.15) is 32.3 Å². The van der Waals surface area contributed by atoms with Gasteiger partial charge in [-0.3, -0.25) is 9.78 Å². The van der Waals surface area contributed by atoms with Crippen LogP contribution in [0.25, 0.3) is 0 Å². The Kier molecular flexibility index (Phi) is 8.35. The Labute approximate surface area is 121 Å².